The highest BCUT2D eigenvalue weighted by atomic mass is 15.3. The van der Waals surface area contributed by atoms with Crippen molar-refractivity contribution in [3.05, 3.63) is 0 Å². The molecule has 18 heavy (non-hydrogen) atoms. The van der Waals surface area contributed by atoms with E-state index in [0.29, 0.717) is 37.5 Å². The molecule has 0 bridgehead atoms. The van der Waals surface area contributed by atoms with E-state index in [4.69, 9.17) is 19.3 Å². The van der Waals surface area contributed by atoms with Gasteiger partial charge in [-0.15, -0.1) is 19.3 Å². The zero-order valence-corrected chi connectivity index (χ0v) is 9.70. The fourth-order valence-corrected chi connectivity index (χ4v) is 1.00. The minimum absolute atomic E-state index is 0.313. The van der Waals surface area contributed by atoms with Crippen LogP contribution < -0.4 is 16.0 Å². The van der Waals surface area contributed by atoms with Gasteiger partial charge in [0.1, 0.15) is 0 Å². The van der Waals surface area contributed by atoms with E-state index in [1.54, 1.807) is 0 Å². The van der Waals surface area contributed by atoms with Gasteiger partial charge in [0.15, 0.2) is 0 Å². The maximum atomic E-state index is 5.14. The molecular weight excluding hydrogens is 228 g/mol. The lowest BCUT2D eigenvalue weighted by molar-refractivity contribution is 1.02. The third-order valence-electron chi connectivity index (χ3n) is 1.68. The molecule has 1 aromatic rings. The lowest BCUT2D eigenvalue weighted by Crippen LogP contribution is -2.13. The molecule has 3 N–H and O–H groups in total. The number of hydrogen-bond donors (Lipinski definition) is 3. The van der Waals surface area contributed by atoms with Crippen LogP contribution in [-0.4, -0.2) is 34.6 Å². The van der Waals surface area contributed by atoms with Crippen molar-refractivity contribution in [1.29, 1.82) is 0 Å². The van der Waals surface area contributed by atoms with Crippen LogP contribution in [0.5, 0.6) is 0 Å². The molecule has 1 aromatic heterocycles. The Labute approximate surface area is 106 Å². The van der Waals surface area contributed by atoms with Gasteiger partial charge in [-0.1, -0.05) is 17.8 Å². The highest BCUT2D eigenvalue weighted by Crippen LogP contribution is 2.08. The van der Waals surface area contributed by atoms with E-state index in [2.05, 4.69) is 48.7 Å². The summed E-state index contributed by atoms with van der Waals surface area (Å²) >= 11 is 0. The summed E-state index contributed by atoms with van der Waals surface area (Å²) < 4.78 is 0. The number of aromatic nitrogens is 3. The number of terminal acetylenes is 3. The van der Waals surface area contributed by atoms with Gasteiger partial charge in [0.05, 0.1) is 19.6 Å². The van der Waals surface area contributed by atoms with E-state index in [9.17, 15) is 0 Å². The topological polar surface area (TPSA) is 74.8 Å². The summed E-state index contributed by atoms with van der Waals surface area (Å²) in [6, 6.07) is 0. The summed E-state index contributed by atoms with van der Waals surface area (Å²) in [7, 11) is 0. The van der Waals surface area contributed by atoms with Crippen LogP contribution >= 0.6 is 0 Å². The Morgan fingerprint density at radius 1 is 0.667 bits per heavy atom. The van der Waals surface area contributed by atoms with Crippen molar-refractivity contribution in [1.82, 2.24) is 15.0 Å². The number of nitrogens with one attached hydrogen (secondary N) is 3. The maximum absolute atomic E-state index is 5.14. The Balaban J connectivity index is 2.86. The first-order valence-electron chi connectivity index (χ1n) is 5.08. The van der Waals surface area contributed by atoms with Crippen LogP contribution in [0.15, 0.2) is 0 Å². The number of nitrogens with zero attached hydrogens (tertiary/aromatic N) is 3. The van der Waals surface area contributed by atoms with E-state index in [0.717, 1.165) is 0 Å². The Morgan fingerprint density at radius 2 is 0.944 bits per heavy atom. The van der Waals surface area contributed by atoms with E-state index < -0.39 is 0 Å². The molecule has 0 saturated carbocycles. The van der Waals surface area contributed by atoms with Crippen molar-refractivity contribution < 1.29 is 0 Å². The molecule has 0 aliphatic rings. The first-order valence-corrected chi connectivity index (χ1v) is 5.08. The van der Waals surface area contributed by atoms with Gasteiger partial charge in [-0.25, -0.2) is 0 Å². The summed E-state index contributed by atoms with van der Waals surface area (Å²) in [4.78, 5) is 12.3. The van der Waals surface area contributed by atoms with E-state index in [-0.39, 0.29) is 0 Å². The molecule has 0 fully saturated rings. The Bertz CT molecular complexity index is 428. The van der Waals surface area contributed by atoms with E-state index in [1.165, 1.54) is 0 Å². The Kier molecular flexibility index (Phi) is 5.39. The Hall–Kier alpha value is -2.91. The van der Waals surface area contributed by atoms with Crippen molar-refractivity contribution in [3.63, 3.8) is 0 Å². The minimum Gasteiger partial charge on any atom is -0.343 e. The third-order valence-corrected chi connectivity index (χ3v) is 1.68. The van der Waals surface area contributed by atoms with Crippen LogP contribution in [0.25, 0.3) is 0 Å². The average molecular weight is 240 g/mol. The molecule has 0 unspecified atom stereocenters. The van der Waals surface area contributed by atoms with Gasteiger partial charge in [0, 0.05) is 0 Å². The number of hydrogen-bond acceptors (Lipinski definition) is 6. The zero-order valence-electron chi connectivity index (χ0n) is 9.70. The van der Waals surface area contributed by atoms with Gasteiger partial charge < -0.3 is 16.0 Å². The third kappa shape index (κ3) is 4.30. The largest absolute Gasteiger partial charge is 0.343 e. The quantitative estimate of drug-likeness (QED) is 0.608. The normalized spacial score (nSPS) is 8.50. The van der Waals surface area contributed by atoms with Crippen LogP contribution in [0.1, 0.15) is 0 Å². The number of anilines is 3. The molecule has 1 heterocycles. The van der Waals surface area contributed by atoms with E-state index in [1.807, 2.05) is 0 Å². The van der Waals surface area contributed by atoms with Crippen molar-refractivity contribution in [3.8, 4) is 37.0 Å². The molecule has 0 aromatic carbocycles. The molecule has 6 heteroatoms. The number of rotatable bonds is 6. The average Bonchev–Trinajstić information content (AvgIpc) is 2.40. The van der Waals surface area contributed by atoms with Crippen molar-refractivity contribution in [2.24, 2.45) is 0 Å². The fraction of sp³-hybridized carbons (Fsp3) is 0.250. The summed E-state index contributed by atoms with van der Waals surface area (Å²) in [5.74, 6) is 8.32. The smallest absolute Gasteiger partial charge is 0.230 e. The first kappa shape index (κ1) is 13.2. The lowest BCUT2D eigenvalue weighted by atomic mass is 10.6. The van der Waals surface area contributed by atoms with Crippen molar-refractivity contribution in [2.45, 2.75) is 0 Å². The molecule has 6 nitrogen and oxygen atoms in total. The molecular formula is C12H12N6. The molecule has 0 saturated heterocycles. The van der Waals surface area contributed by atoms with Gasteiger partial charge in [-0.05, 0) is 0 Å². The molecule has 0 radical (unpaired) electrons. The van der Waals surface area contributed by atoms with Crippen LogP contribution in [0.4, 0.5) is 17.8 Å². The van der Waals surface area contributed by atoms with Gasteiger partial charge in [0.2, 0.25) is 17.8 Å². The predicted molar refractivity (Wildman–Crippen MR) is 71.8 cm³/mol. The highest BCUT2D eigenvalue weighted by molar-refractivity contribution is 5.43. The van der Waals surface area contributed by atoms with Crippen molar-refractivity contribution in [2.75, 3.05) is 35.6 Å². The fourth-order valence-electron chi connectivity index (χ4n) is 1.00. The summed E-state index contributed by atoms with van der Waals surface area (Å²) in [5, 5.41) is 8.54. The molecule has 0 spiro atoms. The summed E-state index contributed by atoms with van der Waals surface area (Å²) in [6.45, 7) is 0.938. The van der Waals surface area contributed by atoms with Crippen LogP contribution in [-0.2, 0) is 0 Å². The molecule has 90 valence electrons. The molecule has 0 amide bonds. The highest BCUT2D eigenvalue weighted by Gasteiger charge is 2.04. The SMILES string of the molecule is C#CCNc1nc(NCC#C)nc(NCC#C)n1. The van der Waals surface area contributed by atoms with Gasteiger partial charge in [-0.2, -0.15) is 15.0 Å². The minimum atomic E-state index is 0.313. The van der Waals surface area contributed by atoms with Crippen molar-refractivity contribution >= 4 is 17.8 Å². The van der Waals surface area contributed by atoms with Crippen LogP contribution in [0, 0.1) is 37.0 Å². The molecule has 0 atom stereocenters. The standard InChI is InChI=1S/C12H12N6/c1-4-7-13-10-16-11(14-8-5-2)18-12(17-10)15-9-6-3/h1-3H,7-9H2,(H3,13,14,15,16,17,18). The van der Waals surface area contributed by atoms with Gasteiger partial charge >= 0.3 is 0 Å². The first-order chi connectivity index (χ1) is 8.80. The second-order valence-corrected chi connectivity index (χ2v) is 2.98. The van der Waals surface area contributed by atoms with E-state index >= 15 is 0 Å². The monoisotopic (exact) mass is 240 g/mol. The van der Waals surface area contributed by atoms with Crippen LogP contribution in [0.2, 0.25) is 0 Å². The van der Waals surface area contributed by atoms with Gasteiger partial charge in [-0.3, -0.25) is 0 Å². The van der Waals surface area contributed by atoms with Crippen LogP contribution in [0.3, 0.4) is 0 Å². The second-order valence-electron chi connectivity index (χ2n) is 2.98. The Morgan fingerprint density at radius 3 is 1.17 bits per heavy atom. The zero-order chi connectivity index (χ0) is 13.2. The van der Waals surface area contributed by atoms with Gasteiger partial charge in [0.25, 0.3) is 0 Å². The summed E-state index contributed by atoms with van der Waals surface area (Å²) in [5.41, 5.74) is 0. The second kappa shape index (κ2) is 7.38. The summed E-state index contributed by atoms with van der Waals surface area (Å²) in [6.07, 6.45) is 15.4. The molecule has 0 aliphatic heterocycles. The molecule has 1 rings (SSSR count). The maximum Gasteiger partial charge on any atom is 0.230 e. The predicted octanol–water partition coefficient (Wildman–Crippen LogP) is 0.00690. The molecule has 0 aliphatic carbocycles. The lowest BCUT2D eigenvalue weighted by Gasteiger charge is -2.07.